The van der Waals surface area contributed by atoms with Gasteiger partial charge in [0.05, 0.1) is 0 Å². The van der Waals surface area contributed by atoms with Gasteiger partial charge in [-0.05, 0) is 47.4 Å². The monoisotopic (exact) mass is 381 g/mol. The highest BCUT2D eigenvalue weighted by Crippen LogP contribution is 2.29. The summed E-state index contributed by atoms with van der Waals surface area (Å²) in [5.41, 5.74) is 1.99. The zero-order valence-electron chi connectivity index (χ0n) is 15.6. The summed E-state index contributed by atoms with van der Waals surface area (Å²) in [7, 11) is 0. The van der Waals surface area contributed by atoms with Crippen LogP contribution in [0.2, 0.25) is 0 Å². The number of piperazine rings is 1. The molecule has 28 heavy (non-hydrogen) atoms. The number of aromatic hydroxyl groups is 1. The third-order valence-electron chi connectivity index (χ3n) is 5.59. The third-order valence-corrected chi connectivity index (χ3v) is 5.59. The molecule has 0 amide bonds. The lowest BCUT2D eigenvalue weighted by Gasteiger charge is -2.37. The second kappa shape index (κ2) is 7.14. The molecule has 1 saturated carbocycles. The van der Waals surface area contributed by atoms with Gasteiger partial charge in [0, 0.05) is 37.9 Å². The molecule has 3 aromatic rings. The maximum Gasteiger partial charge on any atom is 0.245 e. The Bertz CT molecular complexity index is 945. The summed E-state index contributed by atoms with van der Waals surface area (Å²) in [6.07, 6.45) is 4.81. The van der Waals surface area contributed by atoms with Crippen LogP contribution in [-0.4, -0.2) is 57.6 Å². The lowest BCUT2D eigenvalue weighted by molar-refractivity contribution is 0.314. The summed E-state index contributed by atoms with van der Waals surface area (Å²) in [6.45, 7) is 3.38. The second-order valence-corrected chi connectivity index (χ2v) is 7.42. The van der Waals surface area contributed by atoms with Gasteiger partial charge in [0.1, 0.15) is 5.75 Å². The van der Waals surface area contributed by atoms with Crippen LogP contribution in [-0.2, 0) is 0 Å². The van der Waals surface area contributed by atoms with Crippen LogP contribution < -0.4 is 15.1 Å². The number of phenols is 1. The van der Waals surface area contributed by atoms with Crippen LogP contribution in [0.3, 0.4) is 0 Å². The van der Waals surface area contributed by atoms with Crippen molar-refractivity contribution in [2.45, 2.75) is 31.7 Å². The van der Waals surface area contributed by atoms with Gasteiger partial charge in [-0.15, -0.1) is 0 Å². The molecule has 0 unspecified atom stereocenters. The van der Waals surface area contributed by atoms with Crippen molar-refractivity contribution in [1.82, 2.24) is 20.3 Å². The molecular formula is C19H23N7O2. The van der Waals surface area contributed by atoms with Gasteiger partial charge in [0.25, 0.3) is 0 Å². The first kappa shape index (κ1) is 17.0. The van der Waals surface area contributed by atoms with Crippen LogP contribution in [0.5, 0.6) is 5.75 Å². The van der Waals surface area contributed by atoms with Crippen LogP contribution in [0, 0.1) is 0 Å². The molecule has 1 saturated heterocycles. The summed E-state index contributed by atoms with van der Waals surface area (Å²) in [6, 6.07) is 7.78. The Labute approximate surface area is 162 Å². The standard InChI is InChI=1S/C19H23N7O2/c27-15-7-5-14(6-8-15)25-9-11-26(12-10-25)19-18(20-13-3-1-2-4-13)21-16-17(22-19)24-28-23-16/h5-8,13,27H,1-4,9-12H2,(H,20,21,23). The fraction of sp³-hybridized carbons (Fsp3) is 0.474. The first-order valence-electron chi connectivity index (χ1n) is 9.82. The van der Waals surface area contributed by atoms with Gasteiger partial charge in [0.15, 0.2) is 11.6 Å². The van der Waals surface area contributed by atoms with Gasteiger partial charge in [-0.1, -0.05) is 12.8 Å². The number of fused-ring (bicyclic) bond motifs is 1. The maximum absolute atomic E-state index is 9.49. The van der Waals surface area contributed by atoms with Gasteiger partial charge in [0.2, 0.25) is 11.3 Å². The minimum Gasteiger partial charge on any atom is -0.508 e. The Morgan fingerprint density at radius 1 is 0.893 bits per heavy atom. The molecule has 0 atom stereocenters. The topological polar surface area (TPSA) is 103 Å². The molecule has 5 rings (SSSR count). The van der Waals surface area contributed by atoms with E-state index in [4.69, 9.17) is 9.61 Å². The SMILES string of the molecule is Oc1ccc(N2CCN(c3nc4nonc4nc3NC3CCCC3)CC2)cc1. The van der Waals surface area contributed by atoms with E-state index in [9.17, 15) is 5.11 Å². The van der Waals surface area contributed by atoms with E-state index in [1.165, 1.54) is 12.8 Å². The first-order chi connectivity index (χ1) is 13.8. The third kappa shape index (κ3) is 3.28. The number of phenolic OH excluding ortho intramolecular Hbond substituents is 1. The van der Waals surface area contributed by atoms with Crippen LogP contribution in [0.25, 0.3) is 11.3 Å². The van der Waals surface area contributed by atoms with Crippen LogP contribution in [0.4, 0.5) is 17.3 Å². The van der Waals surface area contributed by atoms with E-state index >= 15 is 0 Å². The fourth-order valence-corrected chi connectivity index (χ4v) is 4.05. The average Bonchev–Trinajstić information content (AvgIpc) is 3.40. The van der Waals surface area contributed by atoms with Crippen molar-refractivity contribution in [2.24, 2.45) is 0 Å². The molecule has 1 aromatic carbocycles. The van der Waals surface area contributed by atoms with E-state index in [0.29, 0.717) is 17.3 Å². The van der Waals surface area contributed by atoms with Gasteiger partial charge < -0.3 is 20.2 Å². The number of hydrogen-bond donors (Lipinski definition) is 2. The van der Waals surface area contributed by atoms with Gasteiger partial charge in [-0.3, -0.25) is 0 Å². The molecule has 2 aliphatic rings. The van der Waals surface area contributed by atoms with Gasteiger partial charge in [-0.25, -0.2) is 14.6 Å². The van der Waals surface area contributed by atoms with Crippen molar-refractivity contribution >= 4 is 28.6 Å². The number of rotatable bonds is 4. The van der Waals surface area contributed by atoms with Crippen molar-refractivity contribution in [3.05, 3.63) is 24.3 Å². The second-order valence-electron chi connectivity index (χ2n) is 7.42. The summed E-state index contributed by atoms with van der Waals surface area (Å²) < 4.78 is 4.82. The minimum absolute atomic E-state index is 0.287. The Hall–Kier alpha value is -3.10. The predicted molar refractivity (Wildman–Crippen MR) is 106 cm³/mol. The molecular weight excluding hydrogens is 358 g/mol. The summed E-state index contributed by atoms with van der Waals surface area (Å²) in [5, 5.41) is 20.8. The molecule has 0 radical (unpaired) electrons. The summed E-state index contributed by atoms with van der Waals surface area (Å²) in [5.74, 6) is 1.88. The molecule has 1 aliphatic heterocycles. The van der Waals surface area contributed by atoms with E-state index in [1.807, 2.05) is 12.1 Å². The highest BCUT2D eigenvalue weighted by atomic mass is 16.6. The van der Waals surface area contributed by atoms with Crippen molar-refractivity contribution in [3.8, 4) is 5.75 Å². The van der Waals surface area contributed by atoms with Crippen LogP contribution >= 0.6 is 0 Å². The molecule has 2 fully saturated rings. The Kier molecular flexibility index (Phi) is 4.34. The van der Waals surface area contributed by atoms with Crippen LogP contribution in [0.15, 0.2) is 28.9 Å². The lowest BCUT2D eigenvalue weighted by Crippen LogP contribution is -2.47. The largest absolute Gasteiger partial charge is 0.508 e. The number of anilines is 3. The predicted octanol–water partition coefficient (Wildman–Crippen LogP) is 2.40. The molecule has 9 nitrogen and oxygen atoms in total. The zero-order chi connectivity index (χ0) is 18.9. The molecule has 2 aromatic heterocycles. The highest BCUT2D eigenvalue weighted by Gasteiger charge is 2.25. The van der Waals surface area contributed by atoms with E-state index in [1.54, 1.807) is 12.1 Å². The molecule has 0 spiro atoms. The normalized spacial score (nSPS) is 18.1. The number of nitrogens with one attached hydrogen (secondary N) is 1. The number of benzene rings is 1. The summed E-state index contributed by atoms with van der Waals surface area (Å²) >= 11 is 0. The molecule has 146 valence electrons. The summed E-state index contributed by atoms with van der Waals surface area (Å²) in [4.78, 5) is 13.9. The Morgan fingerprint density at radius 3 is 2.25 bits per heavy atom. The van der Waals surface area contributed by atoms with Gasteiger partial charge in [-0.2, -0.15) is 0 Å². The average molecular weight is 381 g/mol. The molecule has 0 bridgehead atoms. The smallest absolute Gasteiger partial charge is 0.245 e. The Morgan fingerprint density at radius 2 is 1.54 bits per heavy atom. The highest BCUT2D eigenvalue weighted by molar-refractivity contribution is 5.74. The zero-order valence-corrected chi connectivity index (χ0v) is 15.6. The lowest BCUT2D eigenvalue weighted by atomic mass is 10.2. The Balaban J connectivity index is 1.37. The quantitative estimate of drug-likeness (QED) is 0.705. The van der Waals surface area contributed by atoms with E-state index in [2.05, 4.69) is 30.4 Å². The fourth-order valence-electron chi connectivity index (χ4n) is 4.05. The first-order valence-corrected chi connectivity index (χ1v) is 9.82. The molecule has 9 heteroatoms. The van der Waals surface area contributed by atoms with Crippen LogP contribution in [0.1, 0.15) is 25.7 Å². The van der Waals surface area contributed by atoms with Crippen molar-refractivity contribution in [1.29, 1.82) is 0 Å². The maximum atomic E-state index is 9.49. The van der Waals surface area contributed by atoms with Crippen molar-refractivity contribution in [3.63, 3.8) is 0 Å². The molecule has 2 N–H and O–H groups in total. The minimum atomic E-state index is 0.287. The van der Waals surface area contributed by atoms with E-state index < -0.39 is 0 Å². The number of nitrogens with zero attached hydrogens (tertiary/aromatic N) is 6. The van der Waals surface area contributed by atoms with Crippen molar-refractivity contribution in [2.75, 3.05) is 41.3 Å². The van der Waals surface area contributed by atoms with E-state index in [-0.39, 0.29) is 5.75 Å². The molecule has 1 aliphatic carbocycles. The van der Waals surface area contributed by atoms with Crippen molar-refractivity contribution < 1.29 is 9.74 Å². The number of hydrogen-bond acceptors (Lipinski definition) is 9. The van der Waals surface area contributed by atoms with E-state index in [0.717, 1.165) is 56.3 Å². The molecule has 3 heterocycles. The number of aromatic nitrogens is 4. The van der Waals surface area contributed by atoms with Gasteiger partial charge >= 0.3 is 0 Å².